The number of phenols is 1. The van der Waals surface area contributed by atoms with Crippen LogP contribution in [-0.2, 0) is 0 Å². The van der Waals surface area contributed by atoms with Crippen LogP contribution in [0.5, 0.6) is 17.2 Å². The molecule has 0 unspecified atom stereocenters. The second-order valence-corrected chi connectivity index (χ2v) is 6.19. The summed E-state index contributed by atoms with van der Waals surface area (Å²) in [4.78, 5) is 14.6. The van der Waals surface area contributed by atoms with Crippen LogP contribution in [0.2, 0.25) is 0 Å². The summed E-state index contributed by atoms with van der Waals surface area (Å²) in [5.41, 5.74) is 2.18. The molecule has 1 amide bonds. The van der Waals surface area contributed by atoms with E-state index in [0.717, 1.165) is 37.1 Å². The van der Waals surface area contributed by atoms with Crippen LogP contribution in [0.1, 0.15) is 29.6 Å². The molecule has 0 radical (unpaired) electrons. The smallest absolute Gasteiger partial charge is 0.254 e. The van der Waals surface area contributed by atoms with E-state index in [-0.39, 0.29) is 18.4 Å². The number of hydrogen-bond donors (Lipinski definition) is 1. The summed E-state index contributed by atoms with van der Waals surface area (Å²) in [6.07, 6.45) is 3.26. The van der Waals surface area contributed by atoms with E-state index < -0.39 is 0 Å². The van der Waals surface area contributed by atoms with Crippen molar-refractivity contribution in [1.82, 2.24) is 4.90 Å². The number of benzene rings is 2. The average Bonchev–Trinajstić information content (AvgIpc) is 3.09. The van der Waals surface area contributed by atoms with Gasteiger partial charge in [0, 0.05) is 18.7 Å². The molecule has 0 bridgehead atoms. The topological polar surface area (TPSA) is 59.0 Å². The number of hydrogen-bond acceptors (Lipinski definition) is 4. The second-order valence-electron chi connectivity index (χ2n) is 6.19. The number of carbonyl (C=O) groups excluding carboxylic acids is 1. The summed E-state index contributed by atoms with van der Waals surface area (Å²) in [5.74, 6) is 1.46. The zero-order valence-corrected chi connectivity index (χ0v) is 13.3. The molecule has 5 nitrogen and oxygen atoms in total. The molecule has 0 spiro atoms. The monoisotopic (exact) mass is 325 g/mol. The number of nitrogens with zero attached hydrogens (tertiary/aromatic N) is 1. The lowest BCUT2D eigenvalue weighted by Crippen LogP contribution is -2.35. The van der Waals surface area contributed by atoms with Crippen molar-refractivity contribution >= 4 is 5.91 Å². The van der Waals surface area contributed by atoms with E-state index in [2.05, 4.69) is 0 Å². The van der Waals surface area contributed by atoms with Crippen molar-refractivity contribution in [3.63, 3.8) is 0 Å². The summed E-state index contributed by atoms with van der Waals surface area (Å²) in [5, 5.41) is 10.1. The molecule has 0 atom stereocenters. The zero-order chi connectivity index (χ0) is 16.5. The molecule has 5 heteroatoms. The molecule has 2 aliphatic rings. The van der Waals surface area contributed by atoms with Crippen LogP contribution in [0, 0.1) is 0 Å². The lowest BCUT2D eigenvalue weighted by atomic mass is 10.0. The van der Waals surface area contributed by atoms with Gasteiger partial charge in [0.2, 0.25) is 6.79 Å². The van der Waals surface area contributed by atoms with Gasteiger partial charge in [-0.3, -0.25) is 4.79 Å². The van der Waals surface area contributed by atoms with Crippen molar-refractivity contribution < 1.29 is 19.4 Å². The lowest BCUT2D eigenvalue weighted by Gasteiger charge is -2.27. The number of aromatic hydroxyl groups is 1. The van der Waals surface area contributed by atoms with E-state index in [1.807, 2.05) is 29.2 Å². The summed E-state index contributed by atoms with van der Waals surface area (Å²) in [6, 6.07) is 10.6. The maximum atomic E-state index is 12.7. The van der Waals surface area contributed by atoms with Gasteiger partial charge in [-0.1, -0.05) is 6.07 Å². The highest BCUT2D eigenvalue weighted by molar-refractivity contribution is 5.96. The van der Waals surface area contributed by atoms with Gasteiger partial charge in [0.1, 0.15) is 5.75 Å². The highest BCUT2D eigenvalue weighted by Crippen LogP contribution is 2.37. The molecular weight excluding hydrogens is 306 g/mol. The normalized spacial score (nSPS) is 16.2. The molecule has 124 valence electrons. The Labute approximate surface area is 140 Å². The molecule has 0 saturated carbocycles. The van der Waals surface area contributed by atoms with Crippen LogP contribution >= 0.6 is 0 Å². The number of fused-ring (bicyclic) bond motifs is 1. The minimum atomic E-state index is -0.0207. The molecule has 1 N–H and O–H groups in total. The summed E-state index contributed by atoms with van der Waals surface area (Å²) >= 11 is 0. The first-order valence-electron chi connectivity index (χ1n) is 8.24. The first-order valence-corrected chi connectivity index (χ1v) is 8.24. The predicted octanol–water partition coefficient (Wildman–Crippen LogP) is 3.41. The third-order valence-corrected chi connectivity index (χ3v) is 4.51. The van der Waals surface area contributed by atoms with E-state index >= 15 is 0 Å². The van der Waals surface area contributed by atoms with Crippen LogP contribution in [0.15, 0.2) is 36.4 Å². The third kappa shape index (κ3) is 2.77. The van der Waals surface area contributed by atoms with E-state index in [1.165, 1.54) is 12.5 Å². The Kier molecular flexibility index (Phi) is 3.76. The highest BCUT2D eigenvalue weighted by Gasteiger charge is 2.20. The molecule has 1 fully saturated rings. The number of ether oxygens (including phenoxy) is 2. The van der Waals surface area contributed by atoms with Gasteiger partial charge in [0.25, 0.3) is 5.91 Å². The molecular formula is C19H19NO4. The molecule has 2 aliphatic heterocycles. The minimum absolute atomic E-state index is 0.0207. The Balaban J connectivity index is 1.67. The molecule has 2 aromatic carbocycles. The SMILES string of the molecule is O=C(c1cc(O)cc(-c2ccc3c(c2)OCO3)c1)N1CCCCC1. The summed E-state index contributed by atoms with van der Waals surface area (Å²) in [7, 11) is 0. The van der Waals surface area contributed by atoms with Crippen molar-refractivity contribution in [3.8, 4) is 28.4 Å². The fraction of sp³-hybridized carbons (Fsp3) is 0.316. The number of phenolic OH excluding ortho intramolecular Hbond substituents is 1. The Bertz CT molecular complexity index is 781. The van der Waals surface area contributed by atoms with Crippen LogP contribution in [0.3, 0.4) is 0 Å². The molecule has 2 aromatic rings. The van der Waals surface area contributed by atoms with Crippen molar-refractivity contribution in [2.24, 2.45) is 0 Å². The number of rotatable bonds is 2. The van der Waals surface area contributed by atoms with Gasteiger partial charge in [0.05, 0.1) is 0 Å². The standard InChI is InChI=1S/C19H19NO4/c21-16-9-14(13-4-5-17-18(11-13)24-12-23-17)8-15(10-16)19(22)20-6-2-1-3-7-20/h4-5,8-11,21H,1-3,6-7,12H2. The largest absolute Gasteiger partial charge is 0.508 e. The lowest BCUT2D eigenvalue weighted by molar-refractivity contribution is 0.0724. The average molecular weight is 325 g/mol. The number of piperidine rings is 1. The molecule has 0 aliphatic carbocycles. The van der Waals surface area contributed by atoms with Gasteiger partial charge in [0.15, 0.2) is 11.5 Å². The van der Waals surface area contributed by atoms with Gasteiger partial charge in [-0.25, -0.2) is 0 Å². The van der Waals surface area contributed by atoms with E-state index in [0.29, 0.717) is 17.1 Å². The molecule has 4 rings (SSSR count). The highest BCUT2D eigenvalue weighted by atomic mass is 16.7. The molecule has 24 heavy (non-hydrogen) atoms. The summed E-state index contributed by atoms with van der Waals surface area (Å²) in [6.45, 7) is 1.79. The van der Waals surface area contributed by atoms with Crippen molar-refractivity contribution in [1.29, 1.82) is 0 Å². The van der Waals surface area contributed by atoms with E-state index in [4.69, 9.17) is 9.47 Å². The van der Waals surface area contributed by atoms with Crippen molar-refractivity contribution in [2.75, 3.05) is 19.9 Å². The Morgan fingerprint density at radius 3 is 2.54 bits per heavy atom. The van der Waals surface area contributed by atoms with Crippen LogP contribution in [0.25, 0.3) is 11.1 Å². The number of likely N-dealkylation sites (tertiary alicyclic amines) is 1. The minimum Gasteiger partial charge on any atom is -0.508 e. The van der Waals surface area contributed by atoms with Gasteiger partial charge >= 0.3 is 0 Å². The first-order chi connectivity index (χ1) is 11.7. The second kappa shape index (κ2) is 6.07. The Morgan fingerprint density at radius 1 is 0.917 bits per heavy atom. The Morgan fingerprint density at radius 2 is 1.71 bits per heavy atom. The van der Waals surface area contributed by atoms with Crippen LogP contribution in [-0.4, -0.2) is 35.8 Å². The fourth-order valence-electron chi connectivity index (χ4n) is 3.26. The van der Waals surface area contributed by atoms with Crippen LogP contribution in [0.4, 0.5) is 0 Å². The van der Waals surface area contributed by atoms with E-state index in [9.17, 15) is 9.90 Å². The predicted molar refractivity (Wildman–Crippen MR) is 89.4 cm³/mol. The third-order valence-electron chi connectivity index (χ3n) is 4.51. The van der Waals surface area contributed by atoms with Gasteiger partial charge < -0.3 is 19.5 Å². The van der Waals surface area contributed by atoms with Gasteiger partial charge in [-0.15, -0.1) is 0 Å². The molecule has 0 aromatic heterocycles. The summed E-state index contributed by atoms with van der Waals surface area (Å²) < 4.78 is 10.7. The van der Waals surface area contributed by atoms with E-state index in [1.54, 1.807) is 6.07 Å². The van der Waals surface area contributed by atoms with Gasteiger partial charge in [-0.2, -0.15) is 0 Å². The first kappa shape index (κ1) is 14.9. The maximum absolute atomic E-state index is 12.7. The molecule has 1 saturated heterocycles. The number of carbonyl (C=O) groups is 1. The molecule has 2 heterocycles. The maximum Gasteiger partial charge on any atom is 0.254 e. The van der Waals surface area contributed by atoms with Gasteiger partial charge in [-0.05, 0) is 60.7 Å². The fourth-order valence-corrected chi connectivity index (χ4v) is 3.26. The van der Waals surface area contributed by atoms with Crippen LogP contribution < -0.4 is 9.47 Å². The number of amides is 1. The van der Waals surface area contributed by atoms with Crippen molar-refractivity contribution in [2.45, 2.75) is 19.3 Å². The van der Waals surface area contributed by atoms with Crippen molar-refractivity contribution in [3.05, 3.63) is 42.0 Å². The quantitative estimate of drug-likeness (QED) is 0.919. The Hall–Kier alpha value is -2.69. The zero-order valence-electron chi connectivity index (χ0n) is 13.3.